The van der Waals surface area contributed by atoms with E-state index in [1.54, 1.807) is 12.1 Å². The van der Waals surface area contributed by atoms with E-state index < -0.39 is 11.7 Å². The second-order valence-corrected chi connectivity index (χ2v) is 6.23. The summed E-state index contributed by atoms with van der Waals surface area (Å²) in [6.07, 6.45) is -0.700. The molecule has 3 rings (SSSR count). The van der Waals surface area contributed by atoms with E-state index in [1.807, 2.05) is 35.0 Å². The van der Waals surface area contributed by atoms with Gasteiger partial charge in [0.25, 0.3) is 0 Å². The van der Waals surface area contributed by atoms with Gasteiger partial charge in [0.15, 0.2) is 0 Å². The van der Waals surface area contributed by atoms with Gasteiger partial charge < -0.3 is 22.9 Å². The van der Waals surface area contributed by atoms with Gasteiger partial charge in [0.1, 0.15) is 0 Å². The molecule has 0 spiro atoms. The van der Waals surface area contributed by atoms with Crippen molar-refractivity contribution in [1.29, 1.82) is 0 Å². The predicted octanol–water partition coefficient (Wildman–Crippen LogP) is 5.65. The number of aromatic nitrogens is 1. The number of nitrogens with one attached hydrogen (secondary N) is 1. The third kappa shape index (κ3) is 4.56. The average Bonchev–Trinajstić information content (AvgIpc) is 2.98. The molecule has 1 heterocycles. The fourth-order valence-corrected chi connectivity index (χ4v) is 2.91. The van der Waals surface area contributed by atoms with Crippen molar-refractivity contribution in [3.8, 4) is 0 Å². The quantitative estimate of drug-likeness (QED) is 0.391. The molecular formula is C19H15F3N2SW. The smallest absolute Gasteiger partial charge is 0.785 e. The maximum absolute atomic E-state index is 12.9. The third-order valence-electron chi connectivity index (χ3n) is 3.95. The molecule has 0 aliphatic carbocycles. The fraction of sp³-hybridized carbons (Fsp3) is 0.158. The Morgan fingerprint density at radius 1 is 1.12 bits per heavy atom. The van der Waals surface area contributed by atoms with Crippen molar-refractivity contribution in [2.75, 3.05) is 6.54 Å². The number of hydrogen-bond donors (Lipinski definition) is 0. The van der Waals surface area contributed by atoms with E-state index in [9.17, 15) is 13.2 Å². The first kappa shape index (κ1) is 20.7. The van der Waals surface area contributed by atoms with Crippen LogP contribution in [0.4, 0.5) is 13.2 Å². The largest absolute Gasteiger partial charge is 2.00 e. The second-order valence-electron chi connectivity index (χ2n) is 5.71. The summed E-state index contributed by atoms with van der Waals surface area (Å²) in [7, 11) is 0. The Hall–Kier alpha value is -1.62. The summed E-state index contributed by atoms with van der Waals surface area (Å²) in [5.74, 6) is 0. The van der Waals surface area contributed by atoms with Crippen LogP contribution in [0.15, 0.2) is 59.6 Å². The zero-order valence-corrected chi connectivity index (χ0v) is 17.3. The number of nitrogens with zero attached hydrogens (tertiary/aromatic N) is 1. The second kappa shape index (κ2) is 8.38. The van der Waals surface area contributed by atoms with E-state index in [1.165, 1.54) is 12.1 Å². The Morgan fingerprint density at radius 2 is 1.85 bits per heavy atom. The molecule has 0 fully saturated rings. The summed E-state index contributed by atoms with van der Waals surface area (Å²) in [5, 5.41) is 0.963. The van der Waals surface area contributed by atoms with E-state index in [2.05, 4.69) is 0 Å². The molecule has 0 bridgehead atoms. The van der Waals surface area contributed by atoms with Crippen LogP contribution in [0.3, 0.4) is 0 Å². The molecule has 0 atom stereocenters. The summed E-state index contributed by atoms with van der Waals surface area (Å²) >= 11 is 5.10. The van der Waals surface area contributed by atoms with Crippen molar-refractivity contribution in [2.24, 2.45) is 0 Å². The van der Waals surface area contributed by atoms with Crippen LogP contribution in [0.1, 0.15) is 16.7 Å². The summed E-state index contributed by atoms with van der Waals surface area (Å²) in [6.45, 7) is 0.399. The summed E-state index contributed by atoms with van der Waals surface area (Å²) in [5.41, 5.74) is 9.09. The van der Waals surface area contributed by atoms with Gasteiger partial charge in [-0.15, -0.1) is 0 Å². The molecule has 1 N–H and O–H groups in total. The standard InChI is InChI=1S/C19H16F3N2S.W/c20-19(21,22)15-5-1-3-13(9-15)12-24-8-7-17-14(10-16(25)11-23)4-2-6-18(17)24;/h1-10,23,25H,11-12H2;/q-1;+2/p-1/b16-10+;. The molecular weight excluding hydrogens is 529 g/mol. The molecule has 2 aromatic carbocycles. The van der Waals surface area contributed by atoms with Crippen LogP contribution >= 0.6 is 0 Å². The molecule has 26 heavy (non-hydrogen) atoms. The SMILES string of the molecule is [NH-]C/C([S-])=C\c1cccc2c1ccn2Cc1cccc(C(F)(F)F)c1.[W+2]. The molecule has 134 valence electrons. The van der Waals surface area contributed by atoms with Crippen LogP contribution < -0.4 is 0 Å². The minimum atomic E-state index is -4.34. The van der Waals surface area contributed by atoms with Crippen molar-refractivity contribution < 1.29 is 34.2 Å². The molecule has 0 saturated heterocycles. The first-order chi connectivity index (χ1) is 11.9. The van der Waals surface area contributed by atoms with Gasteiger partial charge in [-0.1, -0.05) is 30.3 Å². The number of benzene rings is 2. The van der Waals surface area contributed by atoms with Gasteiger partial charge in [-0.05, 0) is 35.4 Å². The minimum absolute atomic E-state index is 0. The maximum Gasteiger partial charge on any atom is 2.00 e. The van der Waals surface area contributed by atoms with Gasteiger partial charge >= 0.3 is 27.2 Å². The topological polar surface area (TPSA) is 28.7 Å². The molecule has 0 radical (unpaired) electrons. The van der Waals surface area contributed by atoms with E-state index in [-0.39, 0.29) is 27.6 Å². The molecule has 2 nitrogen and oxygen atoms in total. The van der Waals surface area contributed by atoms with Crippen molar-refractivity contribution in [3.05, 3.63) is 82.1 Å². The van der Waals surface area contributed by atoms with Crippen molar-refractivity contribution in [2.45, 2.75) is 12.7 Å². The van der Waals surface area contributed by atoms with Gasteiger partial charge in [0, 0.05) is 23.6 Å². The van der Waals surface area contributed by atoms with Crippen molar-refractivity contribution in [1.82, 2.24) is 4.57 Å². The van der Waals surface area contributed by atoms with E-state index >= 15 is 0 Å². The number of rotatable bonds is 4. The third-order valence-corrected chi connectivity index (χ3v) is 4.21. The predicted molar refractivity (Wildman–Crippen MR) is 97.0 cm³/mol. The Kier molecular flexibility index (Phi) is 6.67. The van der Waals surface area contributed by atoms with Gasteiger partial charge in [-0.3, -0.25) is 0 Å². The molecule has 0 aliphatic heterocycles. The molecule has 0 saturated carbocycles. The van der Waals surface area contributed by atoms with Crippen LogP contribution in [0.25, 0.3) is 22.7 Å². The van der Waals surface area contributed by atoms with Gasteiger partial charge in [-0.2, -0.15) is 19.7 Å². The van der Waals surface area contributed by atoms with Crippen LogP contribution in [0.2, 0.25) is 0 Å². The molecule has 1 aromatic heterocycles. The Bertz CT molecular complexity index is 932. The number of alkyl halides is 3. The van der Waals surface area contributed by atoms with Gasteiger partial charge in [0.2, 0.25) is 0 Å². The normalized spacial score (nSPS) is 12.2. The Morgan fingerprint density at radius 3 is 2.54 bits per heavy atom. The molecule has 3 aromatic rings. The number of hydrogen-bond acceptors (Lipinski definition) is 1. The first-order valence-corrected chi connectivity index (χ1v) is 8.05. The monoisotopic (exact) mass is 544 g/mol. The number of fused-ring (bicyclic) bond motifs is 1. The Labute approximate surface area is 169 Å². The minimum Gasteiger partial charge on any atom is -0.785 e. The van der Waals surface area contributed by atoms with Gasteiger partial charge in [0.05, 0.1) is 5.56 Å². The molecule has 0 unspecified atom stereocenters. The first-order valence-electron chi connectivity index (χ1n) is 7.64. The maximum atomic E-state index is 12.9. The van der Waals surface area contributed by atoms with Crippen LogP contribution in [0.5, 0.6) is 0 Å². The number of halogens is 3. The summed E-state index contributed by atoms with van der Waals surface area (Å²) in [4.78, 5) is 0.540. The van der Waals surface area contributed by atoms with E-state index in [0.29, 0.717) is 17.0 Å². The molecule has 0 aliphatic rings. The zero-order chi connectivity index (χ0) is 18.0. The van der Waals surface area contributed by atoms with Crippen LogP contribution in [-0.2, 0) is 46.4 Å². The fourth-order valence-electron chi connectivity index (χ4n) is 2.78. The molecule has 7 heteroatoms. The van der Waals surface area contributed by atoms with E-state index in [0.717, 1.165) is 22.5 Å². The summed E-state index contributed by atoms with van der Waals surface area (Å²) in [6, 6.07) is 13.0. The van der Waals surface area contributed by atoms with E-state index in [4.69, 9.17) is 18.4 Å². The summed E-state index contributed by atoms with van der Waals surface area (Å²) < 4.78 is 40.5. The van der Waals surface area contributed by atoms with Gasteiger partial charge in [-0.25, -0.2) is 4.91 Å². The molecule has 0 amide bonds. The van der Waals surface area contributed by atoms with Crippen LogP contribution in [0, 0.1) is 0 Å². The van der Waals surface area contributed by atoms with Crippen LogP contribution in [-0.4, -0.2) is 11.1 Å². The Balaban J connectivity index is 0.00000243. The zero-order valence-electron chi connectivity index (χ0n) is 13.6. The van der Waals surface area contributed by atoms with Crippen molar-refractivity contribution in [3.63, 3.8) is 0 Å². The van der Waals surface area contributed by atoms with Crippen molar-refractivity contribution >= 4 is 29.6 Å². The average molecular weight is 544 g/mol.